The monoisotopic (exact) mass is 270 g/mol. The molecule has 3 rings (SSSR count). The number of nitrogens with one attached hydrogen (secondary N) is 1. The van der Waals surface area contributed by atoms with Crippen molar-refractivity contribution < 1.29 is 0 Å². The molecule has 2 nitrogen and oxygen atoms in total. The van der Waals surface area contributed by atoms with E-state index in [1.165, 1.54) is 56.1 Å². The third-order valence-electron chi connectivity index (χ3n) is 4.65. The van der Waals surface area contributed by atoms with Gasteiger partial charge >= 0.3 is 0 Å². The summed E-state index contributed by atoms with van der Waals surface area (Å²) in [5.41, 5.74) is 4.50. The minimum Gasteiger partial charge on any atom is -0.361 e. The van der Waals surface area contributed by atoms with E-state index in [-0.39, 0.29) is 0 Å². The van der Waals surface area contributed by atoms with E-state index in [0.29, 0.717) is 0 Å². The number of hydrogen-bond donors (Lipinski definition) is 1. The van der Waals surface area contributed by atoms with Crippen LogP contribution in [0.15, 0.2) is 24.4 Å². The third-order valence-corrected chi connectivity index (χ3v) is 4.65. The van der Waals surface area contributed by atoms with Crippen LogP contribution in [-0.4, -0.2) is 29.0 Å². The van der Waals surface area contributed by atoms with Gasteiger partial charge in [-0.3, -0.25) is 0 Å². The number of hydrogen-bond acceptors (Lipinski definition) is 1. The molecule has 20 heavy (non-hydrogen) atoms. The Morgan fingerprint density at radius 3 is 2.70 bits per heavy atom. The zero-order chi connectivity index (χ0) is 13.9. The number of H-pyrrole nitrogens is 1. The zero-order valence-corrected chi connectivity index (χ0v) is 12.8. The van der Waals surface area contributed by atoms with Crippen molar-refractivity contribution in [3.05, 3.63) is 35.5 Å². The quantitative estimate of drug-likeness (QED) is 0.865. The van der Waals surface area contributed by atoms with E-state index in [0.717, 1.165) is 6.04 Å². The van der Waals surface area contributed by atoms with Crippen LogP contribution in [0.5, 0.6) is 0 Å². The lowest BCUT2D eigenvalue weighted by Gasteiger charge is -2.35. The summed E-state index contributed by atoms with van der Waals surface area (Å²) in [6.07, 6.45) is 8.35. The van der Waals surface area contributed by atoms with Crippen molar-refractivity contribution in [3.63, 3.8) is 0 Å². The second-order valence-electron chi connectivity index (χ2n) is 6.08. The van der Waals surface area contributed by atoms with Gasteiger partial charge in [0.05, 0.1) is 0 Å². The number of aromatic nitrogens is 1. The highest BCUT2D eigenvalue weighted by molar-refractivity contribution is 5.84. The van der Waals surface area contributed by atoms with Crippen molar-refractivity contribution in [2.75, 3.05) is 13.1 Å². The standard InChI is InChI=1S/C18H26N2/c1-3-11-20(12-4-2)16-7-8-17-15(13-16)6-5-14-9-10-19-18(14)17/h5-6,9-10,16,19H,3-4,7-8,11-13H2,1-2H3. The number of fused-ring (bicyclic) bond motifs is 3. The van der Waals surface area contributed by atoms with E-state index in [1.807, 2.05) is 0 Å². The van der Waals surface area contributed by atoms with Crippen molar-refractivity contribution in [1.82, 2.24) is 9.88 Å². The Labute approximate surface area is 122 Å². The highest BCUT2D eigenvalue weighted by Gasteiger charge is 2.24. The predicted molar refractivity (Wildman–Crippen MR) is 86.3 cm³/mol. The van der Waals surface area contributed by atoms with Crippen LogP contribution >= 0.6 is 0 Å². The van der Waals surface area contributed by atoms with Gasteiger partial charge in [-0.25, -0.2) is 0 Å². The van der Waals surface area contributed by atoms with Gasteiger partial charge in [0.2, 0.25) is 0 Å². The summed E-state index contributed by atoms with van der Waals surface area (Å²) in [6.45, 7) is 7.08. The minimum atomic E-state index is 0.745. The van der Waals surface area contributed by atoms with Gasteiger partial charge in [0.1, 0.15) is 0 Å². The molecule has 0 fully saturated rings. The lowest BCUT2D eigenvalue weighted by atomic mass is 9.86. The van der Waals surface area contributed by atoms with Crippen LogP contribution in [0, 0.1) is 0 Å². The van der Waals surface area contributed by atoms with Crippen molar-refractivity contribution in [2.45, 2.75) is 52.0 Å². The van der Waals surface area contributed by atoms with Crippen LogP contribution in [0.25, 0.3) is 10.9 Å². The van der Waals surface area contributed by atoms with E-state index in [2.05, 4.69) is 48.1 Å². The number of nitrogens with zero attached hydrogens (tertiary/aromatic N) is 1. The van der Waals surface area contributed by atoms with Crippen molar-refractivity contribution in [2.24, 2.45) is 0 Å². The maximum absolute atomic E-state index is 3.43. The smallest absolute Gasteiger partial charge is 0.0489 e. The molecule has 1 aliphatic carbocycles. The number of benzene rings is 1. The van der Waals surface area contributed by atoms with E-state index >= 15 is 0 Å². The molecule has 0 spiro atoms. The Morgan fingerprint density at radius 1 is 1.15 bits per heavy atom. The molecule has 0 bridgehead atoms. The molecule has 2 heteroatoms. The summed E-state index contributed by atoms with van der Waals surface area (Å²) >= 11 is 0. The first-order chi connectivity index (χ1) is 9.83. The average molecular weight is 270 g/mol. The van der Waals surface area contributed by atoms with E-state index < -0.39 is 0 Å². The lowest BCUT2D eigenvalue weighted by molar-refractivity contribution is 0.180. The van der Waals surface area contributed by atoms with E-state index in [9.17, 15) is 0 Å². The molecule has 1 N–H and O–H groups in total. The van der Waals surface area contributed by atoms with Gasteiger partial charge in [-0.2, -0.15) is 0 Å². The molecule has 1 heterocycles. The first kappa shape index (κ1) is 13.7. The van der Waals surface area contributed by atoms with Gasteiger partial charge in [0.15, 0.2) is 0 Å². The number of aryl methyl sites for hydroxylation is 1. The number of aromatic amines is 1. The summed E-state index contributed by atoms with van der Waals surface area (Å²) in [6, 6.07) is 7.56. The second-order valence-corrected chi connectivity index (χ2v) is 6.08. The van der Waals surface area contributed by atoms with Crippen molar-refractivity contribution >= 4 is 10.9 Å². The minimum absolute atomic E-state index is 0.745. The van der Waals surface area contributed by atoms with E-state index in [1.54, 1.807) is 11.1 Å². The molecule has 0 amide bonds. The Morgan fingerprint density at radius 2 is 1.95 bits per heavy atom. The normalized spacial score (nSPS) is 18.6. The topological polar surface area (TPSA) is 19.0 Å². The van der Waals surface area contributed by atoms with Crippen LogP contribution in [0.3, 0.4) is 0 Å². The van der Waals surface area contributed by atoms with Gasteiger partial charge in [0.25, 0.3) is 0 Å². The SMILES string of the molecule is CCCN(CCC)C1CCc2c(ccc3cc[nH]c23)C1. The molecule has 1 unspecified atom stereocenters. The fraction of sp³-hybridized carbons (Fsp3) is 0.556. The summed E-state index contributed by atoms with van der Waals surface area (Å²) in [7, 11) is 0. The van der Waals surface area contributed by atoms with Crippen LogP contribution in [0.4, 0.5) is 0 Å². The predicted octanol–water partition coefficient (Wildman–Crippen LogP) is 4.15. The maximum Gasteiger partial charge on any atom is 0.0489 e. The van der Waals surface area contributed by atoms with Crippen LogP contribution in [0.2, 0.25) is 0 Å². The van der Waals surface area contributed by atoms with Gasteiger partial charge in [-0.1, -0.05) is 26.0 Å². The molecule has 0 radical (unpaired) electrons. The van der Waals surface area contributed by atoms with Crippen LogP contribution in [-0.2, 0) is 12.8 Å². The molecule has 2 aromatic rings. The first-order valence-corrected chi connectivity index (χ1v) is 8.15. The number of rotatable bonds is 5. The zero-order valence-electron chi connectivity index (χ0n) is 12.8. The van der Waals surface area contributed by atoms with Gasteiger partial charge in [-0.05, 0) is 67.8 Å². The fourth-order valence-electron chi connectivity index (χ4n) is 3.74. The van der Waals surface area contributed by atoms with Crippen LogP contribution in [0.1, 0.15) is 44.2 Å². The lowest BCUT2D eigenvalue weighted by Crippen LogP contribution is -2.40. The molecular formula is C18H26N2. The highest BCUT2D eigenvalue weighted by Crippen LogP contribution is 2.30. The second kappa shape index (κ2) is 6.01. The third kappa shape index (κ3) is 2.49. The average Bonchev–Trinajstić information content (AvgIpc) is 2.95. The highest BCUT2D eigenvalue weighted by atomic mass is 15.1. The van der Waals surface area contributed by atoms with Gasteiger partial charge < -0.3 is 9.88 Å². The Kier molecular flexibility index (Phi) is 4.11. The maximum atomic E-state index is 3.43. The molecule has 1 aliphatic rings. The molecule has 1 aromatic carbocycles. The summed E-state index contributed by atoms with van der Waals surface area (Å²) in [4.78, 5) is 6.14. The van der Waals surface area contributed by atoms with Crippen LogP contribution < -0.4 is 0 Å². The molecule has 1 aromatic heterocycles. The van der Waals surface area contributed by atoms with Crippen molar-refractivity contribution in [1.29, 1.82) is 0 Å². The van der Waals surface area contributed by atoms with E-state index in [4.69, 9.17) is 0 Å². The Hall–Kier alpha value is -1.28. The first-order valence-electron chi connectivity index (χ1n) is 8.15. The summed E-state index contributed by atoms with van der Waals surface area (Å²) < 4.78 is 0. The Balaban J connectivity index is 1.83. The summed E-state index contributed by atoms with van der Waals surface area (Å²) in [5.74, 6) is 0. The molecular weight excluding hydrogens is 244 g/mol. The summed E-state index contributed by atoms with van der Waals surface area (Å²) in [5, 5.41) is 1.36. The molecule has 0 aliphatic heterocycles. The molecule has 108 valence electrons. The van der Waals surface area contributed by atoms with Crippen molar-refractivity contribution in [3.8, 4) is 0 Å². The Bertz CT molecular complexity index is 564. The molecule has 1 atom stereocenters. The molecule has 0 saturated heterocycles. The fourth-order valence-corrected chi connectivity index (χ4v) is 3.74. The van der Waals surface area contributed by atoms with Gasteiger partial charge in [0, 0.05) is 17.8 Å². The van der Waals surface area contributed by atoms with Gasteiger partial charge in [-0.15, -0.1) is 0 Å². The largest absolute Gasteiger partial charge is 0.361 e. The molecule has 0 saturated carbocycles.